The van der Waals surface area contributed by atoms with Crippen LogP contribution in [-0.4, -0.2) is 73.7 Å². The normalized spacial score (nSPS) is 19.4. The largest absolute Gasteiger partial charge is 0.358 e. The Kier molecular flexibility index (Phi) is 13.3. The molecule has 0 bridgehead atoms. The summed E-state index contributed by atoms with van der Waals surface area (Å²) in [6, 6.07) is 10.7. The summed E-state index contributed by atoms with van der Waals surface area (Å²) >= 11 is 0. The van der Waals surface area contributed by atoms with Gasteiger partial charge in [-0.1, -0.05) is 27.7 Å². The minimum atomic E-state index is -1.12. The number of Topliss-reactive ketones (excluding diaryl/α,β-unsaturated/α-hetero) is 2. The van der Waals surface area contributed by atoms with Gasteiger partial charge in [-0.05, 0) is 125 Å². The summed E-state index contributed by atoms with van der Waals surface area (Å²) in [5.74, 6) is 0.129. The summed E-state index contributed by atoms with van der Waals surface area (Å²) in [5.41, 5.74) is 9.52. The van der Waals surface area contributed by atoms with Crippen LogP contribution in [0, 0.1) is 24.7 Å². The van der Waals surface area contributed by atoms with E-state index < -0.39 is 21.6 Å². The number of benzene rings is 2. The van der Waals surface area contributed by atoms with Crippen LogP contribution in [0.25, 0.3) is 11.6 Å². The van der Waals surface area contributed by atoms with Crippen molar-refractivity contribution in [3.8, 4) is 0 Å². The molecule has 2 aromatic heterocycles. The lowest BCUT2D eigenvalue weighted by Gasteiger charge is -2.28. The number of aromatic amines is 2. The maximum Gasteiger partial charge on any atom is 0.256 e. The molecule has 14 heteroatoms. The highest BCUT2D eigenvalue weighted by Crippen LogP contribution is 2.40. The first-order valence-electron chi connectivity index (χ1n) is 20.3. The van der Waals surface area contributed by atoms with Crippen molar-refractivity contribution in [3.05, 3.63) is 92.6 Å². The predicted octanol–water partition coefficient (Wildman–Crippen LogP) is 7.29. The van der Waals surface area contributed by atoms with E-state index in [2.05, 4.69) is 25.9 Å². The van der Waals surface area contributed by atoms with E-state index in [1.807, 2.05) is 47.6 Å². The van der Waals surface area contributed by atoms with Gasteiger partial charge in [0.2, 0.25) is 5.91 Å². The molecular weight excluding hydrogens is 799 g/mol. The number of aromatic nitrogens is 2. The number of ketones is 2. The van der Waals surface area contributed by atoms with Crippen LogP contribution in [0.3, 0.4) is 0 Å². The number of hydrogen-bond acceptors (Lipinski definition) is 8. The van der Waals surface area contributed by atoms with Crippen LogP contribution < -0.4 is 16.0 Å². The number of amides is 2. The molecular formula is C46H55N5O7S2. The van der Waals surface area contributed by atoms with Crippen LogP contribution in [-0.2, 0) is 50.5 Å². The van der Waals surface area contributed by atoms with E-state index in [-0.39, 0.29) is 34.2 Å². The Labute approximate surface area is 356 Å². The Morgan fingerprint density at radius 1 is 0.683 bits per heavy atom. The number of hydrogen-bond donors (Lipinski definition) is 5. The minimum absolute atomic E-state index is 0.00837. The number of nitrogens with one attached hydrogen (secondary N) is 5. The summed E-state index contributed by atoms with van der Waals surface area (Å²) in [6.07, 6.45) is 12.3. The number of rotatable bonds is 4. The van der Waals surface area contributed by atoms with E-state index in [0.717, 1.165) is 93.0 Å². The number of aryl methyl sites for hydroxylation is 2. The fourth-order valence-corrected chi connectivity index (χ4v) is 9.14. The molecule has 5 aliphatic rings. The zero-order valence-electron chi connectivity index (χ0n) is 35.7. The van der Waals surface area contributed by atoms with Crippen molar-refractivity contribution in [1.29, 1.82) is 0 Å². The van der Waals surface area contributed by atoms with Gasteiger partial charge in [-0.2, -0.15) is 0 Å². The molecule has 2 aliphatic carbocycles. The topological polar surface area (TPSA) is 187 Å². The number of H-pyrrole nitrogens is 2. The second kappa shape index (κ2) is 17.9. The van der Waals surface area contributed by atoms with Crippen molar-refractivity contribution < 1.29 is 32.4 Å². The van der Waals surface area contributed by atoms with E-state index >= 15 is 0 Å². The highest BCUT2D eigenvalue weighted by Gasteiger charge is 2.38. The van der Waals surface area contributed by atoms with Gasteiger partial charge in [0.25, 0.3) is 5.91 Å². The maximum absolute atomic E-state index is 12.8. The lowest BCUT2D eigenvalue weighted by atomic mass is 9.74. The second-order valence-corrected chi connectivity index (χ2v) is 20.0. The molecule has 0 spiro atoms. The molecule has 1 saturated heterocycles. The molecule has 5 heterocycles. The fraction of sp³-hybridized carbons (Fsp3) is 0.413. The molecule has 2 unspecified atom stereocenters. The maximum atomic E-state index is 12.8. The van der Waals surface area contributed by atoms with Gasteiger partial charge >= 0.3 is 0 Å². The van der Waals surface area contributed by atoms with Crippen LogP contribution in [0.1, 0.15) is 124 Å². The van der Waals surface area contributed by atoms with Crippen molar-refractivity contribution in [2.24, 2.45) is 10.8 Å². The molecule has 318 valence electrons. The molecule has 3 aliphatic heterocycles. The molecule has 4 aromatic rings. The lowest BCUT2D eigenvalue weighted by molar-refractivity contribution is -0.115. The van der Waals surface area contributed by atoms with Gasteiger partial charge in [0.15, 0.2) is 17.9 Å². The third kappa shape index (κ3) is 9.30. The van der Waals surface area contributed by atoms with E-state index in [4.69, 9.17) is 0 Å². The smallest absolute Gasteiger partial charge is 0.256 e. The number of carbonyl (C=O) groups is 5. The Morgan fingerprint density at radius 2 is 1.20 bits per heavy atom. The van der Waals surface area contributed by atoms with Crippen molar-refractivity contribution in [3.63, 3.8) is 0 Å². The fourth-order valence-electron chi connectivity index (χ4n) is 8.03. The van der Waals surface area contributed by atoms with E-state index in [0.29, 0.717) is 28.3 Å². The number of anilines is 2. The average molecular weight is 854 g/mol. The van der Waals surface area contributed by atoms with E-state index in [1.165, 1.54) is 25.9 Å². The molecule has 2 amide bonds. The molecule has 1 fully saturated rings. The van der Waals surface area contributed by atoms with Crippen LogP contribution in [0.4, 0.5) is 11.4 Å². The van der Waals surface area contributed by atoms with Crippen LogP contribution in [0.2, 0.25) is 0 Å². The zero-order chi connectivity index (χ0) is 43.7. The quantitative estimate of drug-likeness (QED) is 0.105. The molecule has 5 N–H and O–H groups in total. The standard InChI is InChI=1S/C21H22N2O3S.C12H15NO2.C9H9NO2S.C4H9N/c1-11-17(22-16-7-8-21(2,3)19(24)18(11)16)10-14-13-9-12(27(4)26)5-6-15(13)23-20(14)25;1-7-9(6-14)13-8-4-5-12(2,3)11(15)10(7)8;1-13(12)7-2-3-8-6(4-7)5-9(11)10-8;1-2-4-5-3-1/h5-6,9-10,22H,7-8H2,1-4H3,(H,23,25);6,13H,4-5H2,1-3H3;2-4H,5H2,1H3,(H,10,11);5H,1-4H2/b14-10-;;;. The Morgan fingerprint density at radius 3 is 1.72 bits per heavy atom. The predicted molar refractivity (Wildman–Crippen MR) is 238 cm³/mol. The molecule has 60 heavy (non-hydrogen) atoms. The highest BCUT2D eigenvalue weighted by molar-refractivity contribution is 7.84. The number of fused-ring (bicyclic) bond motifs is 4. The third-order valence-electron chi connectivity index (χ3n) is 11.9. The first kappa shape index (κ1) is 44.5. The van der Waals surface area contributed by atoms with Crippen LogP contribution in [0.5, 0.6) is 0 Å². The Balaban J connectivity index is 0.000000154. The van der Waals surface area contributed by atoms with Gasteiger partial charge in [-0.15, -0.1) is 0 Å². The van der Waals surface area contributed by atoms with Crippen molar-refractivity contribution in [1.82, 2.24) is 15.3 Å². The van der Waals surface area contributed by atoms with Crippen molar-refractivity contribution in [2.75, 3.05) is 36.2 Å². The molecule has 9 rings (SSSR count). The van der Waals surface area contributed by atoms with Gasteiger partial charge < -0.3 is 25.9 Å². The van der Waals surface area contributed by atoms with Gasteiger partial charge in [-0.3, -0.25) is 32.4 Å². The first-order chi connectivity index (χ1) is 28.3. The lowest BCUT2D eigenvalue weighted by Crippen LogP contribution is -2.30. The summed E-state index contributed by atoms with van der Waals surface area (Å²) in [7, 11) is -2.10. The average Bonchev–Trinajstić information content (AvgIpc) is 4.05. The van der Waals surface area contributed by atoms with Crippen molar-refractivity contribution >= 4 is 74.3 Å². The SMILES string of the molecule is C1CCNC1.CS(=O)c1ccc2c(c1)CC(=O)N2.Cc1c(/C=C2\C(=O)Nc3ccc(S(C)=O)cc32)[nH]c2c1C(=O)C(C)(C)CC2.Cc1c(C=O)[nH]c2c1C(=O)C(C)(C)CC2. The van der Waals surface area contributed by atoms with Crippen LogP contribution in [0.15, 0.2) is 46.2 Å². The van der Waals surface area contributed by atoms with Crippen LogP contribution >= 0.6 is 0 Å². The highest BCUT2D eigenvalue weighted by atomic mass is 32.2. The first-order valence-corrected chi connectivity index (χ1v) is 23.4. The van der Waals surface area contributed by atoms with Crippen molar-refractivity contribution in [2.45, 2.75) is 96.3 Å². The molecule has 0 radical (unpaired) electrons. The molecule has 0 saturated carbocycles. The second-order valence-electron chi connectivity index (χ2n) is 17.2. The summed E-state index contributed by atoms with van der Waals surface area (Å²) in [4.78, 5) is 67.1. The zero-order valence-corrected chi connectivity index (χ0v) is 37.3. The van der Waals surface area contributed by atoms with E-state index in [1.54, 1.807) is 48.9 Å². The molecule has 2 atom stereocenters. The third-order valence-corrected chi connectivity index (χ3v) is 13.8. The minimum Gasteiger partial charge on any atom is -0.358 e. The van der Waals surface area contributed by atoms with Gasteiger partial charge in [-0.25, -0.2) is 0 Å². The summed E-state index contributed by atoms with van der Waals surface area (Å²) in [5, 5.41) is 8.80. The number of carbonyl (C=O) groups excluding carboxylic acids is 5. The van der Waals surface area contributed by atoms with Gasteiger partial charge in [0.1, 0.15) is 0 Å². The number of aldehydes is 1. The van der Waals surface area contributed by atoms with E-state index in [9.17, 15) is 32.4 Å². The summed E-state index contributed by atoms with van der Waals surface area (Å²) in [6.45, 7) is 14.1. The van der Waals surface area contributed by atoms with Gasteiger partial charge in [0, 0.05) is 99.9 Å². The Hall–Kier alpha value is -5.05. The summed E-state index contributed by atoms with van der Waals surface area (Å²) < 4.78 is 23.0. The Bertz CT molecular complexity index is 2480. The monoisotopic (exact) mass is 853 g/mol. The van der Waals surface area contributed by atoms with Gasteiger partial charge in [0.05, 0.1) is 17.7 Å². The molecule has 12 nitrogen and oxygen atoms in total. The molecule has 2 aromatic carbocycles.